The highest BCUT2D eigenvalue weighted by Gasteiger charge is 2.27. The van der Waals surface area contributed by atoms with E-state index >= 15 is 0 Å². The van der Waals surface area contributed by atoms with Crippen molar-refractivity contribution >= 4 is 5.97 Å². The zero-order chi connectivity index (χ0) is 21.9. The Balaban J connectivity index is 1.48. The van der Waals surface area contributed by atoms with Gasteiger partial charge < -0.3 is 4.74 Å². The van der Waals surface area contributed by atoms with E-state index in [1.54, 1.807) is 0 Å². The molecule has 2 aromatic carbocycles. The normalized spacial score (nSPS) is 18.3. The largest absolute Gasteiger partial charge is 0.426 e. The summed E-state index contributed by atoms with van der Waals surface area (Å²) in [6.07, 6.45) is 12.5. The lowest BCUT2D eigenvalue weighted by atomic mass is 9.80. The molecule has 0 aliphatic heterocycles. The molecule has 0 heterocycles. The summed E-state index contributed by atoms with van der Waals surface area (Å²) in [6, 6.07) is 17.7. The average Bonchev–Trinajstić information content (AvgIpc) is 2.82. The maximum absolute atomic E-state index is 12.8. The highest BCUT2D eigenvalue weighted by molar-refractivity contribution is 5.75. The van der Waals surface area contributed by atoms with Crippen LogP contribution >= 0.6 is 0 Å². The Morgan fingerprint density at radius 2 is 1.71 bits per heavy atom. The third-order valence-electron chi connectivity index (χ3n) is 6.60. The molecule has 1 saturated carbocycles. The van der Waals surface area contributed by atoms with Crippen LogP contribution in [0, 0.1) is 23.2 Å². The van der Waals surface area contributed by atoms with E-state index in [-0.39, 0.29) is 11.9 Å². The number of hydrogen-bond donors (Lipinski definition) is 0. The lowest BCUT2D eigenvalue weighted by Crippen LogP contribution is -2.26. The van der Waals surface area contributed by atoms with E-state index in [0.29, 0.717) is 11.3 Å². The molecule has 0 amide bonds. The molecular formula is C28H35NO2. The SMILES string of the molecule is CCCCCCC1CCC(C(=O)Oc2ccccc2CCc2ccc(C#N)cc2)CC1. The first-order chi connectivity index (χ1) is 15.2. The second kappa shape index (κ2) is 12.3. The van der Waals surface area contributed by atoms with E-state index in [9.17, 15) is 4.79 Å². The summed E-state index contributed by atoms with van der Waals surface area (Å²) in [7, 11) is 0. The monoisotopic (exact) mass is 417 g/mol. The molecule has 0 radical (unpaired) electrons. The van der Waals surface area contributed by atoms with E-state index < -0.39 is 0 Å². The summed E-state index contributed by atoms with van der Waals surface area (Å²) < 4.78 is 5.88. The molecule has 0 saturated heterocycles. The van der Waals surface area contributed by atoms with Crippen LogP contribution in [0.3, 0.4) is 0 Å². The zero-order valence-electron chi connectivity index (χ0n) is 18.8. The molecule has 3 nitrogen and oxygen atoms in total. The quantitative estimate of drug-likeness (QED) is 0.237. The van der Waals surface area contributed by atoms with Gasteiger partial charge in [0.1, 0.15) is 5.75 Å². The second-order valence-corrected chi connectivity index (χ2v) is 8.90. The van der Waals surface area contributed by atoms with Gasteiger partial charge in [-0.25, -0.2) is 0 Å². The molecule has 1 aliphatic carbocycles. The molecule has 0 unspecified atom stereocenters. The molecule has 0 bridgehead atoms. The number of hydrogen-bond acceptors (Lipinski definition) is 3. The van der Waals surface area contributed by atoms with Gasteiger partial charge in [0, 0.05) is 0 Å². The van der Waals surface area contributed by atoms with Gasteiger partial charge in [-0.2, -0.15) is 5.26 Å². The fourth-order valence-corrected chi connectivity index (χ4v) is 4.57. The predicted molar refractivity (Wildman–Crippen MR) is 125 cm³/mol. The van der Waals surface area contributed by atoms with Gasteiger partial charge in [0.05, 0.1) is 17.6 Å². The van der Waals surface area contributed by atoms with Crippen LogP contribution in [-0.2, 0) is 17.6 Å². The van der Waals surface area contributed by atoms with E-state index in [1.807, 2.05) is 48.5 Å². The second-order valence-electron chi connectivity index (χ2n) is 8.90. The van der Waals surface area contributed by atoms with Crippen LogP contribution in [0.25, 0.3) is 0 Å². The number of para-hydroxylation sites is 1. The Kier molecular flexibility index (Phi) is 9.16. The van der Waals surface area contributed by atoms with Crippen LogP contribution in [0.1, 0.15) is 81.4 Å². The number of nitrogens with zero attached hydrogens (tertiary/aromatic N) is 1. The molecule has 31 heavy (non-hydrogen) atoms. The summed E-state index contributed by atoms with van der Waals surface area (Å²) in [5, 5.41) is 8.94. The van der Waals surface area contributed by atoms with E-state index in [0.717, 1.165) is 50.0 Å². The fraction of sp³-hybridized carbons (Fsp3) is 0.500. The Hall–Kier alpha value is -2.60. The number of esters is 1. The molecule has 164 valence electrons. The Labute approximate surface area is 187 Å². The molecule has 3 heteroatoms. The minimum absolute atomic E-state index is 0.0403. The molecule has 0 spiro atoms. The number of unbranched alkanes of at least 4 members (excludes halogenated alkanes) is 3. The van der Waals surface area contributed by atoms with Gasteiger partial charge in [0.25, 0.3) is 0 Å². The minimum atomic E-state index is -0.0599. The molecule has 0 N–H and O–H groups in total. The molecular weight excluding hydrogens is 382 g/mol. The van der Waals surface area contributed by atoms with E-state index in [4.69, 9.17) is 10.00 Å². The van der Waals surface area contributed by atoms with Crippen LogP contribution in [0.15, 0.2) is 48.5 Å². The number of carbonyl (C=O) groups is 1. The predicted octanol–water partition coefficient (Wildman–Crippen LogP) is 7.03. The average molecular weight is 418 g/mol. The lowest BCUT2D eigenvalue weighted by molar-refractivity contribution is -0.140. The van der Waals surface area contributed by atoms with E-state index in [1.165, 1.54) is 37.7 Å². The first-order valence-corrected chi connectivity index (χ1v) is 12.0. The van der Waals surface area contributed by atoms with Crippen molar-refractivity contribution in [3.8, 4) is 11.8 Å². The smallest absolute Gasteiger partial charge is 0.314 e. The maximum Gasteiger partial charge on any atom is 0.314 e. The molecule has 1 fully saturated rings. The van der Waals surface area contributed by atoms with Crippen LogP contribution in [0.4, 0.5) is 0 Å². The highest BCUT2D eigenvalue weighted by atomic mass is 16.5. The topological polar surface area (TPSA) is 50.1 Å². The number of aryl methyl sites for hydroxylation is 2. The third kappa shape index (κ3) is 7.24. The van der Waals surface area contributed by atoms with Crippen LogP contribution < -0.4 is 4.74 Å². The van der Waals surface area contributed by atoms with Gasteiger partial charge in [0.2, 0.25) is 0 Å². The summed E-state index contributed by atoms with van der Waals surface area (Å²) in [4.78, 5) is 12.8. The van der Waals surface area contributed by atoms with Crippen molar-refractivity contribution in [1.82, 2.24) is 0 Å². The molecule has 1 aliphatic rings. The van der Waals surface area contributed by atoms with Gasteiger partial charge >= 0.3 is 5.97 Å². The van der Waals surface area contributed by atoms with Gasteiger partial charge in [0.15, 0.2) is 0 Å². The first kappa shape index (κ1) is 23.1. The van der Waals surface area contributed by atoms with Crippen LogP contribution in [0.2, 0.25) is 0 Å². The number of benzene rings is 2. The van der Waals surface area contributed by atoms with E-state index in [2.05, 4.69) is 13.0 Å². The van der Waals surface area contributed by atoms with Crippen molar-refractivity contribution in [1.29, 1.82) is 5.26 Å². The van der Waals surface area contributed by atoms with Crippen molar-refractivity contribution in [2.75, 3.05) is 0 Å². The minimum Gasteiger partial charge on any atom is -0.426 e. The maximum atomic E-state index is 12.8. The van der Waals surface area contributed by atoms with Crippen molar-refractivity contribution in [2.45, 2.75) is 77.6 Å². The first-order valence-electron chi connectivity index (χ1n) is 12.0. The highest BCUT2D eigenvalue weighted by Crippen LogP contribution is 2.33. The fourth-order valence-electron chi connectivity index (χ4n) is 4.57. The zero-order valence-corrected chi connectivity index (χ0v) is 18.8. The van der Waals surface area contributed by atoms with Gasteiger partial charge in [-0.05, 0) is 73.8 Å². The summed E-state index contributed by atoms with van der Waals surface area (Å²) >= 11 is 0. The number of carbonyl (C=O) groups excluding carboxylic acids is 1. The third-order valence-corrected chi connectivity index (χ3v) is 6.60. The lowest BCUT2D eigenvalue weighted by Gasteiger charge is -2.27. The van der Waals surface area contributed by atoms with Crippen LogP contribution in [0.5, 0.6) is 5.75 Å². The summed E-state index contributed by atoms with van der Waals surface area (Å²) in [5.41, 5.74) is 2.91. The Morgan fingerprint density at radius 3 is 2.42 bits per heavy atom. The number of ether oxygens (including phenoxy) is 1. The number of rotatable bonds is 10. The van der Waals surface area contributed by atoms with Crippen LogP contribution in [-0.4, -0.2) is 5.97 Å². The molecule has 0 atom stereocenters. The summed E-state index contributed by atoms with van der Waals surface area (Å²) in [6.45, 7) is 2.25. The van der Waals surface area contributed by atoms with Crippen molar-refractivity contribution in [3.63, 3.8) is 0 Å². The van der Waals surface area contributed by atoms with Gasteiger partial charge in [-0.1, -0.05) is 69.4 Å². The Bertz CT molecular complexity index is 857. The number of nitriles is 1. The molecule has 2 aromatic rings. The molecule has 0 aromatic heterocycles. The standard InChI is InChI=1S/C28H35NO2/c1-2-3-4-5-8-22-16-19-26(20-17-22)28(30)31-27-10-7-6-9-25(27)18-15-23-11-13-24(21-29)14-12-23/h6-7,9-14,22,26H,2-5,8,15-20H2,1H3. The van der Waals surface area contributed by atoms with Gasteiger partial charge in [-0.3, -0.25) is 4.79 Å². The Morgan fingerprint density at radius 1 is 0.968 bits per heavy atom. The summed E-state index contributed by atoms with van der Waals surface area (Å²) in [5.74, 6) is 1.47. The molecule has 3 rings (SSSR count). The van der Waals surface area contributed by atoms with Gasteiger partial charge in [-0.15, -0.1) is 0 Å². The van der Waals surface area contributed by atoms with Crippen molar-refractivity contribution in [3.05, 3.63) is 65.2 Å². The van der Waals surface area contributed by atoms with Crippen molar-refractivity contribution < 1.29 is 9.53 Å². The van der Waals surface area contributed by atoms with Crippen molar-refractivity contribution in [2.24, 2.45) is 11.8 Å².